The quantitative estimate of drug-likeness (QED) is 0.658. The molecule has 174 valence electrons. The predicted octanol–water partition coefficient (Wildman–Crippen LogP) is 3.59. The van der Waals surface area contributed by atoms with E-state index in [9.17, 15) is 13.2 Å². The summed E-state index contributed by atoms with van der Waals surface area (Å²) in [5.41, 5.74) is 1.13. The number of hydrogen-bond donors (Lipinski definition) is 1. The van der Waals surface area contributed by atoms with Crippen molar-refractivity contribution in [1.29, 1.82) is 0 Å². The molecule has 1 amide bonds. The molecule has 1 aromatic rings. The third-order valence-corrected chi connectivity index (χ3v) is 8.68. The molecule has 0 aliphatic carbocycles. The lowest BCUT2D eigenvalue weighted by Gasteiger charge is -2.34. The van der Waals surface area contributed by atoms with Gasteiger partial charge in [-0.25, -0.2) is 8.42 Å². The summed E-state index contributed by atoms with van der Waals surface area (Å²) in [6.45, 7) is 10.5. The van der Waals surface area contributed by atoms with E-state index in [0.717, 1.165) is 38.0 Å². The Morgan fingerprint density at radius 2 is 1.65 bits per heavy atom. The van der Waals surface area contributed by atoms with Crippen LogP contribution in [0.1, 0.15) is 70.8 Å². The van der Waals surface area contributed by atoms with Crippen LogP contribution in [0.5, 0.6) is 0 Å². The Hall–Kier alpha value is -1.44. The minimum Gasteiger partial charge on any atom is -0.353 e. The SMILES string of the molecule is CCCCN1CCC(NC(=O)C2CCN(S(=O)(=O)c3ccc(C(C)C)cc3)CC2)CC1. The first-order chi connectivity index (χ1) is 14.8. The standard InChI is InChI=1S/C24H39N3O3S/c1-4-5-14-26-15-12-22(13-16-26)25-24(28)21-10-17-27(18-11-21)31(29,30)23-8-6-20(7-9-23)19(2)3/h6-9,19,21-22H,4-5,10-18H2,1-3H3,(H,25,28). The summed E-state index contributed by atoms with van der Waals surface area (Å²) in [4.78, 5) is 15.6. The van der Waals surface area contributed by atoms with E-state index < -0.39 is 10.0 Å². The summed E-state index contributed by atoms with van der Waals surface area (Å²) < 4.78 is 27.5. The Bertz CT molecular complexity index is 807. The molecular weight excluding hydrogens is 410 g/mol. The van der Waals surface area contributed by atoms with E-state index in [4.69, 9.17) is 0 Å². The fourth-order valence-electron chi connectivity index (χ4n) is 4.53. The lowest BCUT2D eigenvalue weighted by molar-refractivity contribution is -0.127. The number of rotatable bonds is 8. The molecule has 6 nitrogen and oxygen atoms in total. The normalized spacial score (nSPS) is 20.3. The van der Waals surface area contributed by atoms with E-state index in [1.807, 2.05) is 12.1 Å². The Balaban J connectivity index is 1.47. The van der Waals surface area contributed by atoms with Gasteiger partial charge >= 0.3 is 0 Å². The first-order valence-electron chi connectivity index (χ1n) is 11.9. The summed E-state index contributed by atoms with van der Waals surface area (Å²) in [5.74, 6) is 0.382. The van der Waals surface area contributed by atoms with Crippen molar-refractivity contribution < 1.29 is 13.2 Å². The topological polar surface area (TPSA) is 69.7 Å². The summed E-state index contributed by atoms with van der Waals surface area (Å²) in [5, 5.41) is 3.23. The van der Waals surface area contributed by atoms with Crippen LogP contribution < -0.4 is 5.32 Å². The number of hydrogen-bond acceptors (Lipinski definition) is 4. The average Bonchev–Trinajstić information content (AvgIpc) is 2.78. The first kappa shape index (κ1) is 24.2. The summed E-state index contributed by atoms with van der Waals surface area (Å²) >= 11 is 0. The van der Waals surface area contributed by atoms with Gasteiger partial charge in [-0.05, 0) is 62.3 Å². The molecule has 0 saturated carbocycles. The number of nitrogens with zero attached hydrogens (tertiary/aromatic N) is 2. The highest BCUT2D eigenvalue weighted by Gasteiger charge is 2.33. The van der Waals surface area contributed by atoms with Crippen molar-refractivity contribution in [1.82, 2.24) is 14.5 Å². The Labute approximate surface area is 188 Å². The molecule has 2 saturated heterocycles. The highest BCUT2D eigenvalue weighted by Crippen LogP contribution is 2.26. The van der Waals surface area contributed by atoms with E-state index in [-0.39, 0.29) is 17.9 Å². The number of carbonyl (C=O) groups is 1. The van der Waals surface area contributed by atoms with Crippen LogP contribution in [0.3, 0.4) is 0 Å². The second-order valence-electron chi connectivity index (χ2n) is 9.38. The smallest absolute Gasteiger partial charge is 0.243 e. The van der Waals surface area contributed by atoms with E-state index in [2.05, 4.69) is 31.0 Å². The van der Waals surface area contributed by atoms with Crippen LogP contribution in [0.2, 0.25) is 0 Å². The number of benzene rings is 1. The highest BCUT2D eigenvalue weighted by molar-refractivity contribution is 7.89. The lowest BCUT2D eigenvalue weighted by Crippen LogP contribution is -2.48. The molecule has 0 atom stereocenters. The molecule has 7 heteroatoms. The molecule has 1 N–H and O–H groups in total. The summed E-state index contributed by atoms with van der Waals surface area (Å²) in [7, 11) is -3.50. The first-order valence-corrected chi connectivity index (χ1v) is 13.4. The third kappa shape index (κ3) is 6.30. The van der Waals surface area contributed by atoms with Crippen molar-refractivity contribution >= 4 is 15.9 Å². The van der Waals surface area contributed by atoms with Crippen LogP contribution in [0.4, 0.5) is 0 Å². The molecule has 31 heavy (non-hydrogen) atoms. The zero-order chi connectivity index (χ0) is 22.4. The Morgan fingerprint density at radius 3 is 2.19 bits per heavy atom. The molecule has 2 heterocycles. The lowest BCUT2D eigenvalue weighted by atomic mass is 9.96. The van der Waals surface area contributed by atoms with Gasteiger partial charge < -0.3 is 10.2 Å². The second-order valence-corrected chi connectivity index (χ2v) is 11.3. The van der Waals surface area contributed by atoms with Crippen molar-refractivity contribution in [3.05, 3.63) is 29.8 Å². The van der Waals surface area contributed by atoms with Crippen molar-refractivity contribution in [3.8, 4) is 0 Å². The van der Waals surface area contributed by atoms with Gasteiger partial charge in [0.15, 0.2) is 0 Å². The van der Waals surface area contributed by atoms with Crippen molar-refractivity contribution in [2.24, 2.45) is 5.92 Å². The van der Waals surface area contributed by atoms with Crippen molar-refractivity contribution in [2.45, 2.75) is 76.2 Å². The van der Waals surface area contributed by atoms with Gasteiger partial charge in [0.05, 0.1) is 4.90 Å². The largest absolute Gasteiger partial charge is 0.353 e. The van der Waals surface area contributed by atoms with E-state index in [1.165, 1.54) is 17.1 Å². The van der Waals surface area contributed by atoms with Crippen molar-refractivity contribution in [3.63, 3.8) is 0 Å². The van der Waals surface area contributed by atoms with Crippen LogP contribution in [-0.2, 0) is 14.8 Å². The van der Waals surface area contributed by atoms with E-state index in [0.29, 0.717) is 36.7 Å². The fraction of sp³-hybridized carbons (Fsp3) is 0.708. The van der Waals surface area contributed by atoms with E-state index >= 15 is 0 Å². The van der Waals surface area contributed by atoms with Crippen LogP contribution in [0.25, 0.3) is 0 Å². The maximum atomic E-state index is 13.0. The zero-order valence-electron chi connectivity index (χ0n) is 19.3. The van der Waals surface area contributed by atoms with Gasteiger partial charge in [0.1, 0.15) is 0 Å². The molecule has 2 aliphatic rings. The molecule has 2 fully saturated rings. The van der Waals surface area contributed by atoms with Gasteiger partial charge in [-0.3, -0.25) is 4.79 Å². The zero-order valence-corrected chi connectivity index (χ0v) is 20.2. The van der Waals surface area contributed by atoms with Crippen LogP contribution >= 0.6 is 0 Å². The van der Waals surface area contributed by atoms with Gasteiger partial charge in [0.2, 0.25) is 15.9 Å². The molecule has 2 aliphatic heterocycles. The number of piperidine rings is 2. The molecule has 3 rings (SSSR count). The predicted molar refractivity (Wildman–Crippen MR) is 125 cm³/mol. The molecule has 0 bridgehead atoms. The van der Waals surface area contributed by atoms with Gasteiger partial charge in [-0.15, -0.1) is 0 Å². The maximum Gasteiger partial charge on any atom is 0.243 e. The maximum absolute atomic E-state index is 13.0. The molecule has 0 aromatic heterocycles. The van der Waals surface area contributed by atoms with Gasteiger partial charge in [0, 0.05) is 38.1 Å². The summed E-state index contributed by atoms with van der Waals surface area (Å²) in [6, 6.07) is 7.45. The summed E-state index contributed by atoms with van der Waals surface area (Å²) in [6.07, 6.45) is 5.65. The van der Waals surface area contributed by atoms with E-state index in [1.54, 1.807) is 12.1 Å². The third-order valence-electron chi connectivity index (χ3n) is 6.77. The molecular formula is C24H39N3O3S. The average molecular weight is 450 g/mol. The number of likely N-dealkylation sites (tertiary alicyclic amines) is 1. The second kappa shape index (κ2) is 10.9. The Morgan fingerprint density at radius 1 is 1.03 bits per heavy atom. The van der Waals surface area contributed by atoms with Crippen LogP contribution in [0, 0.1) is 5.92 Å². The minimum atomic E-state index is -3.50. The van der Waals surface area contributed by atoms with Crippen LogP contribution in [0.15, 0.2) is 29.2 Å². The number of nitrogens with one attached hydrogen (secondary N) is 1. The van der Waals surface area contributed by atoms with Crippen molar-refractivity contribution in [2.75, 3.05) is 32.7 Å². The molecule has 0 spiro atoms. The Kier molecular flexibility index (Phi) is 8.53. The highest BCUT2D eigenvalue weighted by atomic mass is 32.2. The van der Waals surface area contributed by atoms with Gasteiger partial charge in [-0.1, -0.05) is 39.3 Å². The molecule has 1 aromatic carbocycles. The monoisotopic (exact) mass is 449 g/mol. The number of amides is 1. The molecule has 0 radical (unpaired) electrons. The fourth-order valence-corrected chi connectivity index (χ4v) is 6.00. The van der Waals surface area contributed by atoms with Crippen LogP contribution in [-0.4, -0.2) is 62.3 Å². The number of carbonyl (C=O) groups excluding carboxylic acids is 1. The van der Waals surface area contributed by atoms with Gasteiger partial charge in [-0.2, -0.15) is 4.31 Å². The van der Waals surface area contributed by atoms with Gasteiger partial charge in [0.25, 0.3) is 0 Å². The minimum absolute atomic E-state index is 0.0899. The number of sulfonamides is 1. The number of unbranched alkanes of at least 4 members (excludes halogenated alkanes) is 1. The molecule has 0 unspecified atom stereocenters.